The van der Waals surface area contributed by atoms with Crippen molar-refractivity contribution in [1.82, 2.24) is 15.1 Å². The number of rotatable bonds is 8. The number of alkyl halides is 2. The fourth-order valence-corrected chi connectivity index (χ4v) is 5.86. The second kappa shape index (κ2) is 10.8. The standard InChI is InChI=1S/C31H31F2N3O7/c1-17-20(9-6-10-22(17)37)27(41)34-21(13-18-7-4-3-5-8-18)25(40)28(42)35-16-31(32,33)30(2)26(35)29(43)36(30)15-19-11-12-23(38)24(39)14-19/h3-12,14,21,25-26,37-40H,13,15-16H2,1-2H3,(H,34,41)/t21-,25-,26+,30?/m0/s1. The number of amides is 3. The van der Waals surface area contributed by atoms with Crippen molar-refractivity contribution in [3.8, 4) is 17.2 Å². The predicted molar refractivity (Wildman–Crippen MR) is 149 cm³/mol. The Hall–Kier alpha value is -4.71. The molecule has 4 atom stereocenters. The summed E-state index contributed by atoms with van der Waals surface area (Å²) >= 11 is 0. The van der Waals surface area contributed by atoms with Crippen LogP contribution in [0.1, 0.15) is 34.0 Å². The number of phenols is 3. The molecule has 2 aliphatic rings. The SMILES string of the molecule is Cc1c(O)cccc1C(=O)N[C@@H](Cc1ccccc1)[C@H](O)C(=O)N1CC(F)(F)C2(C)[C@H]1C(=O)N2Cc1ccc(O)c(O)c1. The van der Waals surface area contributed by atoms with E-state index in [0.29, 0.717) is 10.5 Å². The van der Waals surface area contributed by atoms with Gasteiger partial charge in [-0.2, -0.15) is 0 Å². The largest absolute Gasteiger partial charge is 0.508 e. The summed E-state index contributed by atoms with van der Waals surface area (Å²) < 4.78 is 31.2. The summed E-state index contributed by atoms with van der Waals surface area (Å²) in [6.07, 6.45) is -2.02. The molecule has 3 aromatic carbocycles. The number of hydrogen-bond acceptors (Lipinski definition) is 7. The minimum atomic E-state index is -3.56. The van der Waals surface area contributed by atoms with E-state index >= 15 is 8.78 Å². The van der Waals surface area contributed by atoms with E-state index in [1.54, 1.807) is 30.3 Å². The Morgan fingerprint density at radius 3 is 2.35 bits per heavy atom. The van der Waals surface area contributed by atoms with E-state index in [1.165, 1.54) is 37.3 Å². The van der Waals surface area contributed by atoms with Crippen LogP contribution in [0.15, 0.2) is 66.7 Å². The average molecular weight is 596 g/mol. The van der Waals surface area contributed by atoms with Gasteiger partial charge < -0.3 is 35.5 Å². The molecule has 0 saturated carbocycles. The lowest BCUT2D eigenvalue weighted by molar-refractivity contribution is -0.193. The third-order valence-electron chi connectivity index (χ3n) is 8.48. The van der Waals surface area contributed by atoms with Gasteiger partial charge in [0.05, 0.1) is 12.6 Å². The summed E-state index contributed by atoms with van der Waals surface area (Å²) in [4.78, 5) is 41.7. The topological polar surface area (TPSA) is 151 Å². The van der Waals surface area contributed by atoms with Gasteiger partial charge in [0.25, 0.3) is 17.7 Å². The zero-order valence-corrected chi connectivity index (χ0v) is 23.4. The van der Waals surface area contributed by atoms with Crippen molar-refractivity contribution in [2.75, 3.05) is 6.54 Å². The van der Waals surface area contributed by atoms with Crippen LogP contribution in [0.4, 0.5) is 8.78 Å². The van der Waals surface area contributed by atoms with Gasteiger partial charge >= 0.3 is 0 Å². The molecular weight excluding hydrogens is 564 g/mol. The fourth-order valence-electron chi connectivity index (χ4n) is 5.86. The van der Waals surface area contributed by atoms with Crippen LogP contribution in [0.25, 0.3) is 0 Å². The first kappa shape index (κ1) is 29.8. The van der Waals surface area contributed by atoms with E-state index in [1.807, 2.05) is 0 Å². The van der Waals surface area contributed by atoms with Crippen LogP contribution in [-0.4, -0.2) is 84.1 Å². The maximum Gasteiger partial charge on any atom is 0.290 e. The summed E-state index contributed by atoms with van der Waals surface area (Å²) in [6.45, 7) is 1.24. The second-order valence-corrected chi connectivity index (χ2v) is 11.1. The van der Waals surface area contributed by atoms with Crippen molar-refractivity contribution in [3.63, 3.8) is 0 Å². The van der Waals surface area contributed by atoms with Gasteiger partial charge in [-0.3, -0.25) is 14.4 Å². The number of nitrogens with one attached hydrogen (secondary N) is 1. The molecular formula is C31H31F2N3O7. The minimum absolute atomic E-state index is 0.0338. The molecule has 0 aliphatic carbocycles. The van der Waals surface area contributed by atoms with E-state index in [-0.39, 0.29) is 35.4 Å². The molecule has 2 aliphatic heterocycles. The maximum atomic E-state index is 15.6. The van der Waals surface area contributed by atoms with Gasteiger partial charge in [0.15, 0.2) is 17.6 Å². The molecule has 0 spiro atoms. The Morgan fingerprint density at radius 1 is 0.977 bits per heavy atom. The normalized spacial score (nSPS) is 22.0. The van der Waals surface area contributed by atoms with Crippen LogP contribution >= 0.6 is 0 Å². The van der Waals surface area contributed by atoms with E-state index in [4.69, 9.17) is 0 Å². The fraction of sp³-hybridized carbons (Fsp3) is 0.323. The average Bonchev–Trinajstić information content (AvgIpc) is 3.16. The molecule has 0 radical (unpaired) electrons. The summed E-state index contributed by atoms with van der Waals surface area (Å²) in [6, 6.07) is 13.8. The number of aliphatic hydroxyl groups excluding tert-OH is 1. The van der Waals surface area contributed by atoms with Gasteiger partial charge in [-0.05, 0) is 55.7 Å². The smallest absolute Gasteiger partial charge is 0.290 e. The third-order valence-corrected chi connectivity index (χ3v) is 8.48. The quantitative estimate of drug-likeness (QED) is 0.198. The van der Waals surface area contributed by atoms with Crippen molar-refractivity contribution >= 4 is 17.7 Å². The van der Waals surface area contributed by atoms with Crippen LogP contribution in [0.2, 0.25) is 0 Å². The number of aliphatic hydroxyl groups is 1. The zero-order valence-electron chi connectivity index (χ0n) is 23.4. The van der Waals surface area contributed by atoms with Crippen molar-refractivity contribution in [3.05, 3.63) is 89.0 Å². The molecule has 0 aromatic heterocycles. The number of carbonyl (C=O) groups excluding carboxylic acids is 3. The molecule has 3 amide bonds. The maximum absolute atomic E-state index is 15.6. The lowest BCUT2D eigenvalue weighted by atomic mass is 9.77. The number of nitrogens with zero attached hydrogens (tertiary/aromatic N) is 2. The first-order chi connectivity index (χ1) is 20.3. The molecule has 5 rings (SSSR count). The molecule has 2 saturated heterocycles. The number of benzene rings is 3. The Morgan fingerprint density at radius 2 is 1.67 bits per heavy atom. The lowest BCUT2D eigenvalue weighted by Crippen LogP contribution is -2.78. The number of aromatic hydroxyl groups is 3. The van der Waals surface area contributed by atoms with Crippen molar-refractivity contribution in [2.45, 2.75) is 56.5 Å². The van der Waals surface area contributed by atoms with E-state index in [2.05, 4.69) is 5.32 Å². The molecule has 226 valence electrons. The molecule has 2 heterocycles. The van der Waals surface area contributed by atoms with Gasteiger partial charge in [0.2, 0.25) is 5.91 Å². The van der Waals surface area contributed by atoms with E-state index in [0.717, 1.165) is 17.9 Å². The van der Waals surface area contributed by atoms with Crippen LogP contribution in [0, 0.1) is 6.92 Å². The molecule has 0 bridgehead atoms. The second-order valence-electron chi connectivity index (χ2n) is 11.1. The van der Waals surface area contributed by atoms with Crippen LogP contribution < -0.4 is 5.32 Å². The van der Waals surface area contributed by atoms with Crippen molar-refractivity contribution in [2.24, 2.45) is 0 Å². The first-order valence-corrected chi connectivity index (χ1v) is 13.6. The van der Waals surface area contributed by atoms with Crippen molar-refractivity contribution < 1.29 is 43.6 Å². The molecule has 5 N–H and O–H groups in total. The van der Waals surface area contributed by atoms with Crippen molar-refractivity contribution in [1.29, 1.82) is 0 Å². The van der Waals surface area contributed by atoms with Crippen LogP contribution in [0.5, 0.6) is 17.2 Å². The summed E-state index contributed by atoms with van der Waals surface area (Å²) in [5, 5.41) is 43.3. The Kier molecular flexibility index (Phi) is 7.51. The lowest BCUT2D eigenvalue weighted by Gasteiger charge is -2.54. The molecule has 3 aromatic rings. The number of fused-ring (bicyclic) bond motifs is 1. The van der Waals surface area contributed by atoms with Gasteiger partial charge in [-0.25, -0.2) is 8.78 Å². The number of likely N-dealkylation sites (tertiary alicyclic amines) is 2. The highest BCUT2D eigenvalue weighted by Gasteiger charge is 2.77. The van der Waals surface area contributed by atoms with Gasteiger partial charge in [0, 0.05) is 17.7 Å². The summed E-state index contributed by atoms with van der Waals surface area (Å²) in [5.41, 5.74) is -0.799. The monoisotopic (exact) mass is 595 g/mol. The van der Waals surface area contributed by atoms with Gasteiger partial charge in [-0.1, -0.05) is 42.5 Å². The number of hydrogen-bond donors (Lipinski definition) is 5. The molecule has 2 fully saturated rings. The van der Waals surface area contributed by atoms with Crippen LogP contribution in [-0.2, 0) is 22.6 Å². The van der Waals surface area contributed by atoms with Crippen LogP contribution in [0.3, 0.4) is 0 Å². The van der Waals surface area contributed by atoms with Gasteiger partial charge in [0.1, 0.15) is 17.3 Å². The molecule has 10 nitrogen and oxygen atoms in total. The molecule has 43 heavy (non-hydrogen) atoms. The number of β-lactam (4-membered cyclic amide) rings is 1. The molecule has 12 heteroatoms. The summed E-state index contributed by atoms with van der Waals surface area (Å²) in [7, 11) is 0. The van der Waals surface area contributed by atoms with E-state index < -0.39 is 65.4 Å². The Balaban J connectivity index is 1.40. The number of phenolic OH excluding ortho intramolecular Hbond substituents is 3. The number of carbonyl (C=O) groups is 3. The highest BCUT2D eigenvalue weighted by Crippen LogP contribution is 2.53. The Bertz CT molecular complexity index is 1580. The predicted octanol–water partition coefficient (Wildman–Crippen LogP) is 2.46. The highest BCUT2D eigenvalue weighted by atomic mass is 19.3. The molecule has 1 unspecified atom stereocenters. The minimum Gasteiger partial charge on any atom is -0.508 e. The third kappa shape index (κ3) is 5.01. The number of halogens is 2. The van der Waals surface area contributed by atoms with Gasteiger partial charge in [-0.15, -0.1) is 0 Å². The highest BCUT2D eigenvalue weighted by molar-refractivity contribution is 5.99. The van der Waals surface area contributed by atoms with E-state index in [9.17, 15) is 34.8 Å². The summed E-state index contributed by atoms with van der Waals surface area (Å²) in [5.74, 6) is -7.17. The first-order valence-electron chi connectivity index (χ1n) is 13.6. The Labute approximate surface area is 245 Å². The zero-order chi connectivity index (χ0) is 31.3.